The molecule has 10 nitrogen and oxygen atoms in total. The highest BCUT2D eigenvalue weighted by atomic mass is 16.5. The summed E-state index contributed by atoms with van der Waals surface area (Å²) in [5.74, 6) is 3.01. The summed E-state index contributed by atoms with van der Waals surface area (Å²) in [6.45, 7) is 10.6. The normalized spacial score (nSPS) is 21.1. The molecule has 4 heterocycles. The minimum Gasteiger partial charge on any atom is -0.490 e. The van der Waals surface area contributed by atoms with E-state index in [1.165, 1.54) is 108 Å². The van der Waals surface area contributed by atoms with Gasteiger partial charge in [-0.1, -0.05) is 51.0 Å². The van der Waals surface area contributed by atoms with Crippen LogP contribution in [0.3, 0.4) is 0 Å². The highest BCUT2D eigenvalue weighted by Crippen LogP contribution is 2.28. The predicted octanol–water partition coefficient (Wildman–Crippen LogP) is 7.16. The summed E-state index contributed by atoms with van der Waals surface area (Å²) in [6.07, 6.45) is 19.6. The van der Waals surface area contributed by atoms with Crippen LogP contribution in [-0.4, -0.2) is 101 Å². The van der Waals surface area contributed by atoms with Crippen LogP contribution in [-0.2, 0) is 19.6 Å². The van der Waals surface area contributed by atoms with Gasteiger partial charge in [-0.3, -0.25) is 9.69 Å². The lowest BCUT2D eigenvalue weighted by Crippen LogP contribution is -2.45. The summed E-state index contributed by atoms with van der Waals surface area (Å²) < 4.78 is 17.7. The number of carbonyl (C=O) groups excluding carboxylic acids is 1. The van der Waals surface area contributed by atoms with Crippen LogP contribution in [0, 0.1) is 12.8 Å². The van der Waals surface area contributed by atoms with E-state index < -0.39 is 6.10 Å². The van der Waals surface area contributed by atoms with Crippen molar-refractivity contribution in [3.63, 3.8) is 0 Å². The molecule has 300 valence electrons. The smallest absolute Gasteiger partial charge is 0.251 e. The van der Waals surface area contributed by atoms with Gasteiger partial charge in [0.15, 0.2) is 12.2 Å². The molecule has 10 heteroatoms. The van der Waals surface area contributed by atoms with E-state index in [0.717, 1.165) is 80.4 Å². The van der Waals surface area contributed by atoms with Crippen LogP contribution in [0.1, 0.15) is 116 Å². The lowest BCUT2D eigenvalue weighted by Gasteiger charge is -2.40. The quantitative estimate of drug-likeness (QED) is 0.188. The molecule has 0 bridgehead atoms. The van der Waals surface area contributed by atoms with Gasteiger partial charge in [-0.2, -0.15) is 0 Å². The van der Waals surface area contributed by atoms with Crippen molar-refractivity contribution in [2.75, 3.05) is 52.4 Å². The number of likely N-dealkylation sites (tertiary alicyclic amines) is 2. The van der Waals surface area contributed by atoms with Crippen LogP contribution in [0.2, 0.25) is 0 Å². The minimum atomic E-state index is -0.662. The van der Waals surface area contributed by atoms with Gasteiger partial charge in [-0.05, 0) is 118 Å². The Labute approximate surface area is 328 Å². The van der Waals surface area contributed by atoms with Gasteiger partial charge in [0.2, 0.25) is 0 Å². The Bertz CT molecular complexity index is 1600. The molecule has 0 radical (unpaired) electrons. The van der Waals surface area contributed by atoms with Crippen molar-refractivity contribution in [2.24, 2.45) is 5.92 Å². The number of nitrogens with one attached hydrogen (secondary N) is 1. The molecule has 3 aromatic rings. The number of carbonyl (C=O) groups is 1. The average Bonchev–Trinajstić information content (AvgIpc) is 3.63. The van der Waals surface area contributed by atoms with Gasteiger partial charge in [0.1, 0.15) is 24.2 Å². The van der Waals surface area contributed by atoms with Crippen LogP contribution in [0.5, 0.6) is 11.5 Å². The molecule has 1 saturated carbocycles. The van der Waals surface area contributed by atoms with Crippen molar-refractivity contribution in [1.29, 1.82) is 0 Å². The molecule has 1 aliphatic carbocycles. The van der Waals surface area contributed by atoms with Gasteiger partial charge in [0.25, 0.3) is 5.91 Å². The summed E-state index contributed by atoms with van der Waals surface area (Å²) in [7, 11) is 0. The van der Waals surface area contributed by atoms with Crippen LogP contribution in [0.4, 0.5) is 0 Å². The van der Waals surface area contributed by atoms with E-state index in [0.29, 0.717) is 18.7 Å². The highest BCUT2D eigenvalue weighted by molar-refractivity contribution is 5.94. The first-order valence-electron chi connectivity index (χ1n) is 21.5. The number of amides is 1. The lowest BCUT2D eigenvalue weighted by atomic mass is 9.91. The zero-order valence-corrected chi connectivity index (χ0v) is 33.3. The Hall–Kier alpha value is -3.44. The first-order valence-corrected chi connectivity index (χ1v) is 21.5. The number of nitrogens with zero attached hydrogens (tertiary/aromatic N) is 4. The first kappa shape index (κ1) is 39.8. The van der Waals surface area contributed by atoms with Crippen LogP contribution in [0.25, 0.3) is 0 Å². The summed E-state index contributed by atoms with van der Waals surface area (Å²) in [6, 6.07) is 14.5. The second-order valence-electron chi connectivity index (χ2n) is 16.8. The van der Waals surface area contributed by atoms with Crippen molar-refractivity contribution in [2.45, 2.75) is 128 Å². The number of ether oxygens (including phenoxy) is 2. The molecule has 1 aromatic heterocycles. The third kappa shape index (κ3) is 11.8. The van der Waals surface area contributed by atoms with Gasteiger partial charge < -0.3 is 34.1 Å². The summed E-state index contributed by atoms with van der Waals surface area (Å²) in [5.41, 5.74) is 3.91. The number of benzene rings is 2. The number of fused-ring (bicyclic) bond motifs is 1. The largest absolute Gasteiger partial charge is 0.490 e. The molecule has 1 atom stereocenters. The van der Waals surface area contributed by atoms with Crippen molar-refractivity contribution in [3.8, 4) is 11.5 Å². The molecule has 55 heavy (non-hydrogen) atoms. The van der Waals surface area contributed by atoms with E-state index in [9.17, 15) is 9.90 Å². The van der Waals surface area contributed by atoms with E-state index >= 15 is 0 Å². The third-order valence-electron chi connectivity index (χ3n) is 12.7. The van der Waals surface area contributed by atoms with Gasteiger partial charge in [0, 0.05) is 57.4 Å². The maximum absolute atomic E-state index is 12.9. The second-order valence-corrected chi connectivity index (χ2v) is 16.8. The first-order chi connectivity index (χ1) is 26.9. The molecule has 7 rings (SSSR count). The molecule has 0 unspecified atom stereocenters. The molecule has 2 N–H and O–H groups in total. The van der Waals surface area contributed by atoms with Crippen LogP contribution in [0.15, 0.2) is 53.3 Å². The van der Waals surface area contributed by atoms with Gasteiger partial charge >= 0.3 is 0 Å². The van der Waals surface area contributed by atoms with Crippen molar-refractivity contribution < 1.29 is 23.8 Å². The summed E-state index contributed by atoms with van der Waals surface area (Å²) >= 11 is 0. The van der Waals surface area contributed by atoms with Crippen molar-refractivity contribution >= 4 is 5.91 Å². The topological polar surface area (TPSA) is 104 Å². The fraction of sp³-hybridized carbons (Fsp3) is 0.644. The molecule has 3 aliphatic heterocycles. The molecule has 2 saturated heterocycles. The Balaban J connectivity index is 0.764. The lowest BCUT2D eigenvalue weighted by molar-refractivity contribution is 0.0669. The predicted molar refractivity (Wildman–Crippen MR) is 216 cm³/mol. The fourth-order valence-electron chi connectivity index (χ4n) is 9.23. The highest BCUT2D eigenvalue weighted by Gasteiger charge is 2.28. The van der Waals surface area contributed by atoms with E-state index in [2.05, 4.69) is 37.1 Å². The number of hydrogen-bond donors (Lipinski definition) is 2. The number of β-amino-alcohol motifs (C(OH)–C–C–N with tert-alkyl or cyclic N) is 1. The molecular weight excluding hydrogens is 691 g/mol. The zero-order chi connectivity index (χ0) is 37.8. The SMILES string of the molecule is Cc1ncoc1COc1ccc2c(c1)CCN(C[C@@H](O)CNC(=O)c1ccc(OC3CCN(CC4CCN(C5CCCCCCCCC5)CC4)CC3)cc1)C2. The number of piperidine rings is 2. The number of aliphatic hydroxyl groups is 1. The number of oxazole rings is 1. The number of hydrogen-bond acceptors (Lipinski definition) is 9. The summed E-state index contributed by atoms with van der Waals surface area (Å²) in [5, 5.41) is 13.7. The third-order valence-corrected chi connectivity index (χ3v) is 12.7. The zero-order valence-electron chi connectivity index (χ0n) is 33.3. The Morgan fingerprint density at radius 3 is 2.27 bits per heavy atom. The summed E-state index contributed by atoms with van der Waals surface area (Å²) in [4.78, 5) is 24.8. The Morgan fingerprint density at radius 1 is 0.855 bits per heavy atom. The number of aliphatic hydroxyl groups excluding tert-OH is 1. The maximum atomic E-state index is 12.9. The fourth-order valence-corrected chi connectivity index (χ4v) is 9.23. The van der Waals surface area contributed by atoms with Crippen LogP contribution >= 0.6 is 0 Å². The number of rotatable bonds is 13. The van der Waals surface area contributed by atoms with Gasteiger partial charge in [-0.25, -0.2) is 4.98 Å². The number of aryl methyl sites for hydroxylation is 1. The standard InChI is InChI=1S/C45H65N5O5/c1-34-44(54-33-47-34)32-53-43-16-13-38-30-49(22-19-37(38)27-43)31-40(51)28-46-45(52)36-11-14-41(15-12-36)55-42-20-23-48(24-21-42)29-35-17-25-50(26-18-35)39-9-7-5-3-2-4-6-8-10-39/h11-16,27,33,35,39-40,42,51H,2-10,17-26,28-32H2,1H3,(H,46,52)/t40-/m0/s1. The monoisotopic (exact) mass is 755 g/mol. The number of aromatic nitrogens is 1. The van der Waals surface area contributed by atoms with E-state index in [4.69, 9.17) is 13.9 Å². The van der Waals surface area contributed by atoms with Gasteiger partial charge in [0.05, 0.1) is 11.8 Å². The van der Waals surface area contributed by atoms with E-state index in [-0.39, 0.29) is 18.6 Å². The molecule has 0 spiro atoms. The van der Waals surface area contributed by atoms with Crippen LogP contribution < -0.4 is 14.8 Å². The molecule has 1 amide bonds. The average molecular weight is 756 g/mol. The molecule has 2 aromatic carbocycles. The minimum absolute atomic E-state index is 0.183. The van der Waals surface area contributed by atoms with Crippen molar-refractivity contribution in [1.82, 2.24) is 25.0 Å². The molecule has 4 aliphatic rings. The van der Waals surface area contributed by atoms with Crippen molar-refractivity contribution in [3.05, 3.63) is 77.0 Å². The van der Waals surface area contributed by atoms with E-state index in [1.54, 1.807) is 0 Å². The van der Waals surface area contributed by atoms with Gasteiger partial charge in [-0.15, -0.1) is 0 Å². The molecular formula is C45H65N5O5. The molecule has 3 fully saturated rings. The maximum Gasteiger partial charge on any atom is 0.251 e. The van der Waals surface area contributed by atoms with E-state index in [1.807, 2.05) is 37.3 Å². The second kappa shape index (κ2) is 20.1. The Kier molecular flexibility index (Phi) is 14.6. The Morgan fingerprint density at radius 2 is 1.56 bits per heavy atom.